The number of amides is 2. The van der Waals surface area contributed by atoms with E-state index in [0.29, 0.717) is 13.0 Å². The number of carbonyl (C=O) groups is 2. The van der Waals surface area contributed by atoms with Gasteiger partial charge in [0.05, 0.1) is 0 Å². The van der Waals surface area contributed by atoms with Crippen molar-refractivity contribution in [2.45, 2.75) is 25.8 Å². The van der Waals surface area contributed by atoms with E-state index in [1.807, 2.05) is 6.42 Å². The molecule has 4 heteroatoms. The molecule has 0 bridgehead atoms. The van der Waals surface area contributed by atoms with Gasteiger partial charge in [-0.15, -0.1) is 0 Å². The Balaban J connectivity index is 2.67. The third kappa shape index (κ3) is 1.75. The summed E-state index contributed by atoms with van der Waals surface area (Å²) >= 11 is 0. The summed E-state index contributed by atoms with van der Waals surface area (Å²) in [5.41, 5.74) is 5.14. The Morgan fingerprint density at radius 1 is 1.58 bits per heavy atom. The van der Waals surface area contributed by atoms with Crippen molar-refractivity contribution in [1.82, 2.24) is 4.90 Å². The summed E-state index contributed by atoms with van der Waals surface area (Å²) in [5.74, 6) is -0.493. The van der Waals surface area contributed by atoms with E-state index in [0.717, 1.165) is 6.42 Å². The average Bonchev–Trinajstić information content (AvgIpc) is 2.04. The molecule has 67 valence electrons. The standard InChI is InChI=1S/C8H13N2O2/c1-6(11)10-5-3-2-4-7(10)8(9)12/h2,7H,3-5H2,1H3,(H2,9,12). The number of nitrogens with two attached hydrogens (primary N) is 1. The minimum absolute atomic E-state index is 0.0769. The molecule has 0 aromatic rings. The van der Waals surface area contributed by atoms with Crippen LogP contribution in [0.1, 0.15) is 19.8 Å². The smallest absolute Gasteiger partial charge is 0.240 e. The molecule has 0 spiro atoms. The van der Waals surface area contributed by atoms with Gasteiger partial charge in [-0.1, -0.05) is 0 Å². The summed E-state index contributed by atoms with van der Waals surface area (Å²) in [6.07, 6.45) is 3.44. The minimum atomic E-state index is -0.420. The molecule has 2 amide bonds. The SMILES string of the molecule is CC(=O)N1CC[CH]CC1C(N)=O. The molecule has 1 aliphatic rings. The number of hydrogen-bond acceptors (Lipinski definition) is 2. The van der Waals surface area contributed by atoms with Crippen LogP contribution in [0, 0.1) is 6.42 Å². The first kappa shape index (κ1) is 9.03. The van der Waals surface area contributed by atoms with E-state index in [1.165, 1.54) is 11.8 Å². The van der Waals surface area contributed by atoms with Gasteiger partial charge in [0.1, 0.15) is 6.04 Å². The second-order valence-electron chi connectivity index (χ2n) is 2.94. The molecule has 1 atom stereocenters. The van der Waals surface area contributed by atoms with Crippen LogP contribution in [0.3, 0.4) is 0 Å². The van der Waals surface area contributed by atoms with Gasteiger partial charge in [0.2, 0.25) is 11.8 Å². The summed E-state index contributed by atoms with van der Waals surface area (Å²) in [6.45, 7) is 2.07. The van der Waals surface area contributed by atoms with Crippen LogP contribution >= 0.6 is 0 Å². The Bertz CT molecular complexity index is 181. The van der Waals surface area contributed by atoms with Gasteiger partial charge in [-0.25, -0.2) is 0 Å². The monoisotopic (exact) mass is 169 g/mol. The fourth-order valence-corrected chi connectivity index (χ4v) is 1.44. The van der Waals surface area contributed by atoms with Crippen molar-refractivity contribution in [3.05, 3.63) is 6.42 Å². The lowest BCUT2D eigenvalue weighted by atomic mass is 10.0. The van der Waals surface area contributed by atoms with Gasteiger partial charge in [0, 0.05) is 13.5 Å². The van der Waals surface area contributed by atoms with E-state index in [9.17, 15) is 9.59 Å². The van der Waals surface area contributed by atoms with Crippen LogP contribution in [0.25, 0.3) is 0 Å². The first-order valence-electron chi connectivity index (χ1n) is 4.01. The van der Waals surface area contributed by atoms with Gasteiger partial charge < -0.3 is 10.6 Å². The first-order valence-corrected chi connectivity index (χ1v) is 4.01. The second-order valence-corrected chi connectivity index (χ2v) is 2.94. The normalized spacial score (nSPS) is 23.8. The van der Waals surface area contributed by atoms with Crippen LogP contribution in [-0.2, 0) is 9.59 Å². The van der Waals surface area contributed by atoms with Crippen LogP contribution in [0.15, 0.2) is 0 Å². The third-order valence-electron chi connectivity index (χ3n) is 2.07. The van der Waals surface area contributed by atoms with Crippen molar-refractivity contribution >= 4 is 11.8 Å². The molecule has 2 N–H and O–H groups in total. The van der Waals surface area contributed by atoms with Crippen LogP contribution in [0.2, 0.25) is 0 Å². The van der Waals surface area contributed by atoms with E-state index >= 15 is 0 Å². The van der Waals surface area contributed by atoms with Crippen molar-refractivity contribution in [3.63, 3.8) is 0 Å². The lowest BCUT2D eigenvalue weighted by molar-refractivity contribution is -0.138. The van der Waals surface area contributed by atoms with Crippen LogP contribution in [0.5, 0.6) is 0 Å². The molecule has 1 radical (unpaired) electrons. The topological polar surface area (TPSA) is 63.4 Å². The molecular weight excluding hydrogens is 156 g/mol. The zero-order valence-electron chi connectivity index (χ0n) is 7.12. The zero-order valence-corrected chi connectivity index (χ0v) is 7.12. The number of nitrogens with zero attached hydrogens (tertiary/aromatic N) is 1. The van der Waals surface area contributed by atoms with E-state index in [2.05, 4.69) is 0 Å². The van der Waals surface area contributed by atoms with Gasteiger partial charge in [-0.05, 0) is 19.3 Å². The molecule has 12 heavy (non-hydrogen) atoms. The Hall–Kier alpha value is -1.06. The number of primary amides is 1. The van der Waals surface area contributed by atoms with E-state index < -0.39 is 11.9 Å². The van der Waals surface area contributed by atoms with Crippen molar-refractivity contribution in [3.8, 4) is 0 Å². The lowest BCUT2D eigenvalue weighted by Crippen LogP contribution is -2.49. The third-order valence-corrected chi connectivity index (χ3v) is 2.07. The molecule has 1 fully saturated rings. The van der Waals surface area contributed by atoms with Crippen LogP contribution in [0.4, 0.5) is 0 Å². The van der Waals surface area contributed by atoms with Gasteiger partial charge in [-0.2, -0.15) is 0 Å². The molecule has 0 aromatic carbocycles. The van der Waals surface area contributed by atoms with Gasteiger partial charge in [0.15, 0.2) is 0 Å². The Morgan fingerprint density at radius 3 is 2.67 bits per heavy atom. The molecule has 4 nitrogen and oxygen atoms in total. The number of likely N-dealkylation sites (tertiary alicyclic amines) is 1. The summed E-state index contributed by atoms with van der Waals surface area (Å²) in [5, 5.41) is 0. The molecule has 1 heterocycles. The van der Waals surface area contributed by atoms with Crippen molar-refractivity contribution in [2.24, 2.45) is 5.73 Å². The Morgan fingerprint density at radius 2 is 2.25 bits per heavy atom. The fraction of sp³-hybridized carbons (Fsp3) is 0.625. The Kier molecular flexibility index (Phi) is 2.68. The quantitative estimate of drug-likeness (QED) is 0.585. The maximum absolute atomic E-state index is 11.0. The summed E-state index contributed by atoms with van der Waals surface area (Å²) in [7, 11) is 0. The molecule has 0 saturated carbocycles. The van der Waals surface area contributed by atoms with E-state index in [4.69, 9.17) is 5.73 Å². The predicted molar refractivity (Wildman–Crippen MR) is 43.9 cm³/mol. The van der Waals surface area contributed by atoms with Crippen molar-refractivity contribution in [2.75, 3.05) is 6.54 Å². The van der Waals surface area contributed by atoms with Gasteiger partial charge >= 0.3 is 0 Å². The fourth-order valence-electron chi connectivity index (χ4n) is 1.44. The van der Waals surface area contributed by atoms with Crippen LogP contribution in [-0.4, -0.2) is 29.3 Å². The van der Waals surface area contributed by atoms with Gasteiger partial charge in [-0.3, -0.25) is 9.59 Å². The van der Waals surface area contributed by atoms with E-state index in [1.54, 1.807) is 0 Å². The summed E-state index contributed by atoms with van der Waals surface area (Å²) in [4.78, 5) is 23.4. The molecule has 1 rings (SSSR count). The van der Waals surface area contributed by atoms with Crippen LogP contribution < -0.4 is 5.73 Å². The molecule has 0 aliphatic carbocycles. The van der Waals surface area contributed by atoms with Gasteiger partial charge in [0.25, 0.3) is 0 Å². The first-order chi connectivity index (χ1) is 5.63. The number of carbonyl (C=O) groups excluding carboxylic acids is 2. The summed E-state index contributed by atoms with van der Waals surface area (Å²) in [6, 6.07) is -0.420. The lowest BCUT2D eigenvalue weighted by Gasteiger charge is -2.32. The molecule has 1 saturated heterocycles. The highest BCUT2D eigenvalue weighted by molar-refractivity contribution is 5.86. The predicted octanol–water partition coefficient (Wildman–Crippen LogP) is -0.313. The Labute approximate surface area is 71.7 Å². The number of piperidine rings is 1. The highest BCUT2D eigenvalue weighted by Gasteiger charge is 2.28. The highest BCUT2D eigenvalue weighted by Crippen LogP contribution is 2.15. The molecule has 1 unspecified atom stereocenters. The molecule has 0 aromatic heterocycles. The molecular formula is C8H13N2O2. The van der Waals surface area contributed by atoms with Crippen molar-refractivity contribution < 1.29 is 9.59 Å². The molecule has 1 aliphatic heterocycles. The highest BCUT2D eigenvalue weighted by atomic mass is 16.2. The second kappa shape index (κ2) is 3.56. The maximum Gasteiger partial charge on any atom is 0.240 e. The zero-order chi connectivity index (χ0) is 9.14. The number of rotatable bonds is 1. The largest absolute Gasteiger partial charge is 0.368 e. The van der Waals surface area contributed by atoms with E-state index in [-0.39, 0.29) is 5.91 Å². The maximum atomic E-state index is 11.0. The van der Waals surface area contributed by atoms with Crippen molar-refractivity contribution in [1.29, 1.82) is 0 Å². The summed E-state index contributed by atoms with van der Waals surface area (Å²) < 4.78 is 0. The number of hydrogen-bond donors (Lipinski definition) is 1. The average molecular weight is 169 g/mol. The minimum Gasteiger partial charge on any atom is -0.368 e.